The van der Waals surface area contributed by atoms with E-state index in [0.717, 1.165) is 18.5 Å². The average Bonchev–Trinajstić information content (AvgIpc) is 2.92. The van der Waals surface area contributed by atoms with Crippen molar-refractivity contribution in [1.29, 1.82) is 0 Å². The molecular formula is C17H18ClNO. The number of likely N-dealkylation sites (tertiary alicyclic amines) is 1. The Morgan fingerprint density at radius 2 is 1.90 bits per heavy atom. The zero-order valence-corrected chi connectivity index (χ0v) is 12.1. The van der Waals surface area contributed by atoms with Crippen LogP contribution < -0.4 is 0 Å². The zero-order chi connectivity index (χ0) is 13.9. The van der Waals surface area contributed by atoms with E-state index in [1.165, 1.54) is 12.0 Å². The maximum Gasteiger partial charge on any atom is 0.121 e. The fourth-order valence-electron chi connectivity index (χ4n) is 2.97. The molecule has 3 rings (SSSR count). The number of nitrogens with zero attached hydrogens (tertiary/aromatic N) is 1. The number of phenols is 1. The minimum absolute atomic E-state index is 0.288. The number of rotatable bonds is 3. The van der Waals surface area contributed by atoms with Crippen LogP contribution in [0.2, 0.25) is 5.02 Å². The van der Waals surface area contributed by atoms with E-state index in [-0.39, 0.29) is 5.75 Å². The van der Waals surface area contributed by atoms with Crippen LogP contribution in [0, 0.1) is 0 Å². The molecule has 0 spiro atoms. The van der Waals surface area contributed by atoms with E-state index in [9.17, 15) is 5.11 Å². The summed E-state index contributed by atoms with van der Waals surface area (Å²) in [4.78, 5) is 2.40. The van der Waals surface area contributed by atoms with Crippen LogP contribution in [0.5, 0.6) is 5.75 Å². The summed E-state index contributed by atoms with van der Waals surface area (Å²) in [6, 6.07) is 16.3. The monoisotopic (exact) mass is 287 g/mol. The molecule has 1 aliphatic rings. The highest BCUT2D eigenvalue weighted by Gasteiger charge is 2.26. The molecule has 2 aromatic carbocycles. The Kier molecular flexibility index (Phi) is 3.95. The SMILES string of the molecule is Oc1cccc(Cl)c1CN1CCCC1c1ccccc1. The highest BCUT2D eigenvalue weighted by atomic mass is 35.5. The summed E-state index contributed by atoms with van der Waals surface area (Å²) in [6.45, 7) is 1.75. The van der Waals surface area contributed by atoms with Gasteiger partial charge in [-0.05, 0) is 37.1 Å². The summed E-state index contributed by atoms with van der Waals surface area (Å²) in [5.74, 6) is 0.288. The number of hydrogen-bond acceptors (Lipinski definition) is 2. The van der Waals surface area contributed by atoms with Gasteiger partial charge in [-0.2, -0.15) is 0 Å². The second kappa shape index (κ2) is 5.86. The molecule has 1 fully saturated rings. The fraction of sp³-hybridized carbons (Fsp3) is 0.294. The summed E-state index contributed by atoms with van der Waals surface area (Å²) in [6.07, 6.45) is 2.35. The molecule has 1 N–H and O–H groups in total. The van der Waals surface area contributed by atoms with Crippen molar-refractivity contribution in [3.8, 4) is 5.75 Å². The van der Waals surface area contributed by atoms with Crippen LogP contribution in [0.3, 0.4) is 0 Å². The highest BCUT2D eigenvalue weighted by Crippen LogP contribution is 2.35. The first-order chi connectivity index (χ1) is 9.75. The second-order valence-corrected chi connectivity index (χ2v) is 5.68. The van der Waals surface area contributed by atoms with Gasteiger partial charge in [0.05, 0.1) is 0 Å². The Hall–Kier alpha value is -1.51. The number of aromatic hydroxyl groups is 1. The molecule has 1 heterocycles. The van der Waals surface area contributed by atoms with Crippen LogP contribution in [0.15, 0.2) is 48.5 Å². The van der Waals surface area contributed by atoms with E-state index in [2.05, 4.69) is 29.2 Å². The first-order valence-electron chi connectivity index (χ1n) is 7.01. The largest absolute Gasteiger partial charge is 0.508 e. The Balaban J connectivity index is 1.83. The number of hydrogen-bond donors (Lipinski definition) is 1. The lowest BCUT2D eigenvalue weighted by Gasteiger charge is -2.25. The quantitative estimate of drug-likeness (QED) is 0.905. The van der Waals surface area contributed by atoms with Gasteiger partial charge in [0.1, 0.15) is 5.75 Å². The molecule has 1 unspecified atom stereocenters. The second-order valence-electron chi connectivity index (χ2n) is 5.28. The molecule has 0 bridgehead atoms. The molecule has 0 amide bonds. The first kappa shape index (κ1) is 13.5. The third kappa shape index (κ3) is 2.67. The van der Waals surface area contributed by atoms with Gasteiger partial charge in [-0.25, -0.2) is 0 Å². The zero-order valence-electron chi connectivity index (χ0n) is 11.3. The van der Waals surface area contributed by atoms with Gasteiger partial charge in [-0.3, -0.25) is 4.90 Å². The molecule has 104 valence electrons. The molecule has 1 saturated heterocycles. The Labute approximate surface area is 124 Å². The minimum atomic E-state index is 0.288. The van der Waals surface area contributed by atoms with Gasteiger partial charge in [-0.15, -0.1) is 0 Å². The third-order valence-corrected chi connectivity index (χ3v) is 4.36. The number of halogens is 1. The van der Waals surface area contributed by atoms with Crippen molar-refractivity contribution in [1.82, 2.24) is 4.90 Å². The van der Waals surface area contributed by atoms with E-state index in [1.54, 1.807) is 12.1 Å². The Morgan fingerprint density at radius 1 is 1.10 bits per heavy atom. The maximum absolute atomic E-state index is 10.00. The molecule has 3 heteroatoms. The van der Waals surface area contributed by atoms with Crippen LogP contribution in [0.25, 0.3) is 0 Å². The van der Waals surface area contributed by atoms with Crippen LogP contribution in [0.1, 0.15) is 30.0 Å². The van der Waals surface area contributed by atoms with Crippen LogP contribution >= 0.6 is 11.6 Å². The molecule has 2 nitrogen and oxygen atoms in total. The molecule has 20 heavy (non-hydrogen) atoms. The van der Waals surface area contributed by atoms with E-state index >= 15 is 0 Å². The lowest BCUT2D eigenvalue weighted by atomic mass is 10.0. The predicted molar refractivity (Wildman–Crippen MR) is 81.9 cm³/mol. The Bertz CT molecular complexity index is 565. The molecule has 2 aromatic rings. The molecule has 0 aliphatic carbocycles. The molecule has 1 aliphatic heterocycles. The summed E-state index contributed by atoms with van der Waals surface area (Å²) in [7, 11) is 0. The van der Waals surface area contributed by atoms with Crippen molar-refractivity contribution in [3.05, 3.63) is 64.7 Å². The number of benzene rings is 2. The van der Waals surface area contributed by atoms with Crippen molar-refractivity contribution >= 4 is 11.6 Å². The van der Waals surface area contributed by atoms with E-state index < -0.39 is 0 Å². The average molecular weight is 288 g/mol. The van der Waals surface area contributed by atoms with Crippen molar-refractivity contribution in [3.63, 3.8) is 0 Å². The molecule has 0 radical (unpaired) electrons. The normalized spacial score (nSPS) is 19.4. The van der Waals surface area contributed by atoms with Gasteiger partial charge < -0.3 is 5.11 Å². The van der Waals surface area contributed by atoms with Crippen molar-refractivity contribution in [2.24, 2.45) is 0 Å². The van der Waals surface area contributed by atoms with Crippen molar-refractivity contribution in [2.75, 3.05) is 6.54 Å². The molecule has 1 atom stereocenters. The molecule has 0 saturated carbocycles. The fourth-order valence-corrected chi connectivity index (χ4v) is 3.20. The smallest absolute Gasteiger partial charge is 0.121 e. The van der Waals surface area contributed by atoms with Gasteiger partial charge >= 0.3 is 0 Å². The molecule has 0 aromatic heterocycles. The number of phenolic OH excluding ortho intramolecular Hbond substituents is 1. The molecular weight excluding hydrogens is 270 g/mol. The third-order valence-electron chi connectivity index (χ3n) is 4.00. The lowest BCUT2D eigenvalue weighted by Crippen LogP contribution is -2.23. The lowest BCUT2D eigenvalue weighted by molar-refractivity contribution is 0.245. The van der Waals surface area contributed by atoms with Crippen LogP contribution in [-0.2, 0) is 6.54 Å². The summed E-state index contributed by atoms with van der Waals surface area (Å²) >= 11 is 6.22. The maximum atomic E-state index is 10.00. The van der Waals surface area contributed by atoms with Gasteiger partial charge in [0, 0.05) is 23.2 Å². The van der Waals surface area contributed by atoms with Crippen LogP contribution in [0.4, 0.5) is 0 Å². The predicted octanol–water partition coefficient (Wildman–Crippen LogP) is 4.38. The van der Waals surface area contributed by atoms with E-state index in [1.807, 2.05) is 12.1 Å². The van der Waals surface area contributed by atoms with Gasteiger partial charge in [-0.1, -0.05) is 48.0 Å². The Morgan fingerprint density at radius 3 is 2.65 bits per heavy atom. The summed E-state index contributed by atoms with van der Waals surface area (Å²) in [5, 5.41) is 10.6. The van der Waals surface area contributed by atoms with Crippen molar-refractivity contribution < 1.29 is 5.11 Å². The van der Waals surface area contributed by atoms with Gasteiger partial charge in [0.25, 0.3) is 0 Å². The summed E-state index contributed by atoms with van der Waals surface area (Å²) < 4.78 is 0. The highest BCUT2D eigenvalue weighted by molar-refractivity contribution is 6.31. The summed E-state index contributed by atoms with van der Waals surface area (Å²) in [5.41, 5.74) is 2.17. The van der Waals surface area contributed by atoms with E-state index in [0.29, 0.717) is 17.6 Å². The van der Waals surface area contributed by atoms with Gasteiger partial charge in [0.2, 0.25) is 0 Å². The van der Waals surface area contributed by atoms with Gasteiger partial charge in [0.15, 0.2) is 0 Å². The standard InChI is InChI=1S/C17H18ClNO/c18-15-8-4-10-17(20)14(15)12-19-11-5-9-16(19)13-6-2-1-3-7-13/h1-4,6-8,10,16,20H,5,9,11-12H2. The minimum Gasteiger partial charge on any atom is -0.508 e. The van der Waals surface area contributed by atoms with E-state index in [4.69, 9.17) is 11.6 Å². The van der Waals surface area contributed by atoms with Crippen molar-refractivity contribution in [2.45, 2.75) is 25.4 Å². The van der Waals surface area contributed by atoms with Crippen LogP contribution in [-0.4, -0.2) is 16.6 Å². The topological polar surface area (TPSA) is 23.5 Å². The first-order valence-corrected chi connectivity index (χ1v) is 7.39.